The summed E-state index contributed by atoms with van der Waals surface area (Å²) < 4.78 is 12.1. The number of thiophene rings is 1. The van der Waals surface area contributed by atoms with Crippen LogP contribution in [0.3, 0.4) is 0 Å². The predicted molar refractivity (Wildman–Crippen MR) is 120 cm³/mol. The summed E-state index contributed by atoms with van der Waals surface area (Å²) >= 11 is 1.11. The normalized spacial score (nSPS) is 12.1. The molecular weight excluding hydrogens is 418 g/mol. The van der Waals surface area contributed by atoms with Gasteiger partial charge in [-0.1, -0.05) is 12.1 Å². The fraction of sp³-hybridized carbons (Fsp3) is 0.364. The lowest BCUT2D eigenvalue weighted by molar-refractivity contribution is -0.118. The van der Waals surface area contributed by atoms with E-state index in [4.69, 9.17) is 9.47 Å². The van der Waals surface area contributed by atoms with Crippen molar-refractivity contribution in [2.75, 3.05) is 11.9 Å². The molecule has 1 unspecified atom stereocenters. The van der Waals surface area contributed by atoms with Crippen LogP contribution in [0.25, 0.3) is 10.2 Å². The van der Waals surface area contributed by atoms with E-state index in [1.807, 2.05) is 13.0 Å². The molecule has 0 aliphatic carbocycles. The van der Waals surface area contributed by atoms with E-state index in [0.29, 0.717) is 38.7 Å². The second-order valence-corrected chi connectivity index (χ2v) is 8.24. The molecule has 2 heterocycles. The molecule has 1 aromatic carbocycles. The zero-order chi connectivity index (χ0) is 22.7. The van der Waals surface area contributed by atoms with Crippen molar-refractivity contribution in [2.24, 2.45) is 0 Å². The molecule has 0 aliphatic heterocycles. The molecule has 3 rings (SSSR count). The Morgan fingerprint density at radius 1 is 1.23 bits per heavy atom. The van der Waals surface area contributed by atoms with Crippen molar-refractivity contribution in [3.8, 4) is 5.75 Å². The number of rotatable bonds is 7. The molecule has 0 radical (unpaired) electrons. The molecule has 2 aromatic heterocycles. The van der Waals surface area contributed by atoms with Crippen LogP contribution in [0, 0.1) is 6.92 Å². The molecule has 164 valence electrons. The number of aromatic nitrogens is 2. The Hall–Kier alpha value is -3.20. The second-order valence-electron chi connectivity index (χ2n) is 7.24. The van der Waals surface area contributed by atoms with Gasteiger partial charge in [0.25, 0.3) is 5.56 Å². The first-order valence-corrected chi connectivity index (χ1v) is 10.8. The van der Waals surface area contributed by atoms with Crippen molar-refractivity contribution in [3.63, 3.8) is 0 Å². The van der Waals surface area contributed by atoms with Gasteiger partial charge in [-0.05, 0) is 52.3 Å². The zero-order valence-corrected chi connectivity index (χ0v) is 18.9. The molecule has 3 aromatic rings. The van der Waals surface area contributed by atoms with Gasteiger partial charge in [-0.15, -0.1) is 11.3 Å². The number of aryl methyl sites for hydroxylation is 1. The topological polar surface area (TPSA) is 99.5 Å². The lowest BCUT2D eigenvalue weighted by Gasteiger charge is -2.16. The van der Waals surface area contributed by atoms with Crippen LogP contribution in [-0.2, 0) is 9.53 Å². The highest BCUT2D eigenvalue weighted by Crippen LogP contribution is 2.28. The highest BCUT2D eigenvalue weighted by Gasteiger charge is 2.24. The Morgan fingerprint density at radius 3 is 2.61 bits per heavy atom. The Bertz CT molecular complexity index is 1180. The number of fused-ring (bicyclic) bond motifs is 1. The zero-order valence-electron chi connectivity index (χ0n) is 18.1. The van der Waals surface area contributed by atoms with Crippen LogP contribution in [0.2, 0.25) is 0 Å². The fourth-order valence-electron chi connectivity index (χ4n) is 3.09. The molecule has 1 atom stereocenters. The number of hydrogen-bond donors (Lipinski definition) is 1. The van der Waals surface area contributed by atoms with E-state index in [2.05, 4.69) is 10.3 Å². The summed E-state index contributed by atoms with van der Waals surface area (Å²) in [6, 6.07) is 6.26. The molecule has 0 bridgehead atoms. The lowest BCUT2D eigenvalue weighted by Crippen LogP contribution is -2.32. The first-order chi connectivity index (χ1) is 14.7. The number of hydrogen-bond acceptors (Lipinski definition) is 7. The van der Waals surface area contributed by atoms with Gasteiger partial charge in [0, 0.05) is 0 Å². The molecule has 9 heteroatoms. The number of carbonyl (C=O) groups is 2. The monoisotopic (exact) mass is 443 g/mol. The number of amides is 1. The molecule has 0 aliphatic rings. The average Bonchev–Trinajstić information content (AvgIpc) is 3.06. The number of anilines is 1. The summed E-state index contributed by atoms with van der Waals surface area (Å²) in [5.41, 5.74) is 0.642. The maximum atomic E-state index is 13.1. The average molecular weight is 444 g/mol. The van der Waals surface area contributed by atoms with Crippen LogP contribution in [0.5, 0.6) is 5.75 Å². The third-order valence-electron chi connectivity index (χ3n) is 4.65. The summed E-state index contributed by atoms with van der Waals surface area (Å²) in [5.74, 6) is -0.323. The van der Waals surface area contributed by atoms with Crippen molar-refractivity contribution in [2.45, 2.75) is 46.8 Å². The molecule has 1 N–H and O–H groups in total. The van der Waals surface area contributed by atoms with Crippen LogP contribution in [0.4, 0.5) is 5.69 Å². The Kier molecular flexibility index (Phi) is 6.74. The van der Waals surface area contributed by atoms with Crippen LogP contribution in [-0.4, -0.2) is 34.1 Å². The Morgan fingerprint density at radius 2 is 1.94 bits per heavy atom. The van der Waals surface area contributed by atoms with E-state index in [1.54, 1.807) is 45.9 Å². The second kappa shape index (κ2) is 9.30. The summed E-state index contributed by atoms with van der Waals surface area (Å²) in [6.45, 7) is 9.14. The lowest BCUT2D eigenvalue weighted by atomic mass is 10.2. The summed E-state index contributed by atoms with van der Waals surface area (Å²) in [5, 5.41) is 3.12. The minimum atomic E-state index is -0.829. The van der Waals surface area contributed by atoms with E-state index in [0.717, 1.165) is 11.3 Å². The largest absolute Gasteiger partial charge is 0.492 e. The van der Waals surface area contributed by atoms with E-state index in [9.17, 15) is 14.4 Å². The Labute approximate surface area is 183 Å². The van der Waals surface area contributed by atoms with Crippen molar-refractivity contribution in [1.29, 1.82) is 0 Å². The van der Waals surface area contributed by atoms with Gasteiger partial charge < -0.3 is 14.8 Å². The van der Waals surface area contributed by atoms with Crippen LogP contribution >= 0.6 is 11.3 Å². The molecule has 0 saturated heterocycles. The van der Waals surface area contributed by atoms with Gasteiger partial charge in [-0.2, -0.15) is 0 Å². The number of nitrogens with one attached hydrogen (secondary N) is 1. The summed E-state index contributed by atoms with van der Waals surface area (Å²) in [6.07, 6.45) is 1.06. The molecule has 8 nitrogen and oxygen atoms in total. The van der Waals surface area contributed by atoms with E-state index < -0.39 is 12.0 Å². The smallest absolute Gasteiger partial charge is 0.348 e. The van der Waals surface area contributed by atoms with Crippen molar-refractivity contribution in [3.05, 3.63) is 51.4 Å². The van der Waals surface area contributed by atoms with Crippen LogP contribution < -0.4 is 15.6 Å². The van der Waals surface area contributed by atoms with Gasteiger partial charge in [-0.3, -0.25) is 14.2 Å². The number of benzene rings is 1. The van der Waals surface area contributed by atoms with E-state index in [-0.39, 0.29) is 17.6 Å². The molecule has 31 heavy (non-hydrogen) atoms. The summed E-state index contributed by atoms with van der Waals surface area (Å²) in [4.78, 5) is 43.4. The quantitative estimate of drug-likeness (QED) is 0.556. The van der Waals surface area contributed by atoms with Crippen LogP contribution in [0.15, 0.2) is 35.4 Å². The van der Waals surface area contributed by atoms with Crippen molar-refractivity contribution < 1.29 is 19.1 Å². The van der Waals surface area contributed by atoms with Gasteiger partial charge in [0.15, 0.2) is 0 Å². The Balaban J connectivity index is 1.93. The van der Waals surface area contributed by atoms with E-state index in [1.165, 1.54) is 10.9 Å². The van der Waals surface area contributed by atoms with Gasteiger partial charge in [0.2, 0.25) is 5.91 Å². The van der Waals surface area contributed by atoms with Crippen LogP contribution in [0.1, 0.15) is 49.0 Å². The highest BCUT2D eigenvalue weighted by atomic mass is 32.1. The number of ether oxygens (including phenoxy) is 2. The highest BCUT2D eigenvalue weighted by molar-refractivity contribution is 7.20. The molecule has 0 saturated carbocycles. The first-order valence-electron chi connectivity index (χ1n) is 9.98. The van der Waals surface area contributed by atoms with Crippen molar-refractivity contribution >= 4 is 39.1 Å². The van der Waals surface area contributed by atoms with Gasteiger partial charge in [-0.25, -0.2) is 9.78 Å². The fourth-order valence-corrected chi connectivity index (χ4v) is 4.11. The molecular formula is C22H25N3O5S. The molecule has 1 amide bonds. The van der Waals surface area contributed by atoms with Gasteiger partial charge in [0.1, 0.15) is 21.5 Å². The van der Waals surface area contributed by atoms with Crippen molar-refractivity contribution in [1.82, 2.24) is 9.55 Å². The molecule has 0 spiro atoms. The first kappa shape index (κ1) is 22.5. The standard InChI is InChI=1S/C22H25N3O5S/c1-6-29-16-10-8-7-9-15(16)24-19(26)14(5)25-11-23-20-17(21(25)27)13(4)18(31-20)22(28)30-12(2)3/h7-12,14H,6H2,1-5H3,(H,24,26). The van der Waals surface area contributed by atoms with E-state index >= 15 is 0 Å². The maximum absolute atomic E-state index is 13.1. The minimum Gasteiger partial charge on any atom is -0.492 e. The SMILES string of the molecule is CCOc1ccccc1NC(=O)C(C)n1cnc2sc(C(=O)OC(C)C)c(C)c2c1=O. The minimum absolute atomic E-state index is 0.273. The third-order valence-corrected chi connectivity index (χ3v) is 5.83. The number of esters is 1. The number of para-hydroxylation sites is 2. The number of nitrogens with zero attached hydrogens (tertiary/aromatic N) is 2. The molecule has 0 fully saturated rings. The van der Waals surface area contributed by atoms with Gasteiger partial charge in [0.05, 0.1) is 30.1 Å². The third kappa shape index (κ3) is 4.61. The van der Waals surface area contributed by atoms with Gasteiger partial charge >= 0.3 is 5.97 Å². The number of carbonyl (C=O) groups excluding carboxylic acids is 2. The predicted octanol–water partition coefficient (Wildman–Crippen LogP) is 3.93. The summed E-state index contributed by atoms with van der Waals surface area (Å²) in [7, 11) is 0. The maximum Gasteiger partial charge on any atom is 0.348 e.